The summed E-state index contributed by atoms with van der Waals surface area (Å²) in [6.07, 6.45) is 1.60. The molecule has 1 aromatic rings. The molecule has 4 nitrogen and oxygen atoms in total. The first-order chi connectivity index (χ1) is 9.67. The molecule has 0 spiro atoms. The summed E-state index contributed by atoms with van der Waals surface area (Å²) in [5.74, 6) is -2.52. The first kappa shape index (κ1) is 16.3. The minimum absolute atomic E-state index is 0.0504. The molecule has 2 N–H and O–H groups in total. The third kappa shape index (κ3) is 3.25. The van der Waals surface area contributed by atoms with Gasteiger partial charge in [-0.2, -0.15) is 4.31 Å². The van der Waals surface area contributed by atoms with E-state index in [0.717, 1.165) is 18.6 Å². The van der Waals surface area contributed by atoms with Gasteiger partial charge < -0.3 is 5.73 Å². The van der Waals surface area contributed by atoms with E-state index in [4.69, 9.17) is 5.73 Å². The van der Waals surface area contributed by atoms with Crippen LogP contribution >= 0.6 is 0 Å². The number of hydrogen-bond acceptors (Lipinski definition) is 3. The van der Waals surface area contributed by atoms with Crippen LogP contribution in [0.25, 0.3) is 0 Å². The van der Waals surface area contributed by atoms with Gasteiger partial charge in [0, 0.05) is 19.6 Å². The number of piperidine rings is 1. The summed E-state index contributed by atoms with van der Waals surface area (Å²) in [5.41, 5.74) is 5.48. The number of rotatable bonds is 3. The van der Waals surface area contributed by atoms with Crippen LogP contribution in [0.15, 0.2) is 17.0 Å². The minimum Gasteiger partial charge on any atom is -0.326 e. The number of sulfonamides is 1. The van der Waals surface area contributed by atoms with Gasteiger partial charge in [0.2, 0.25) is 10.0 Å². The van der Waals surface area contributed by atoms with Crippen LogP contribution in [0.2, 0.25) is 0 Å². The predicted octanol–water partition coefficient (Wildman–Crippen LogP) is 2.23. The standard InChI is InChI=1S/C14H20F2N2O2S/c1-14(2)4-3-5-18(9-14)21(19,20)12-7-10(8-17)6-11(15)13(12)16/h6-7H,3-5,8-9,17H2,1-2H3. The molecule has 0 amide bonds. The highest BCUT2D eigenvalue weighted by Crippen LogP contribution is 2.33. The van der Waals surface area contributed by atoms with E-state index < -0.39 is 26.6 Å². The minimum atomic E-state index is -4.06. The van der Waals surface area contributed by atoms with Gasteiger partial charge in [0.1, 0.15) is 4.90 Å². The van der Waals surface area contributed by atoms with E-state index in [1.165, 1.54) is 4.31 Å². The third-order valence-electron chi connectivity index (χ3n) is 3.77. The fourth-order valence-electron chi connectivity index (χ4n) is 2.64. The molecule has 0 aromatic heterocycles. The summed E-state index contributed by atoms with van der Waals surface area (Å²) in [7, 11) is -4.06. The molecule has 0 atom stereocenters. The monoisotopic (exact) mass is 318 g/mol. The fourth-order valence-corrected chi connectivity index (χ4v) is 4.43. The highest BCUT2D eigenvalue weighted by Gasteiger charge is 2.36. The van der Waals surface area contributed by atoms with Crippen LogP contribution in [0.3, 0.4) is 0 Å². The van der Waals surface area contributed by atoms with E-state index in [9.17, 15) is 17.2 Å². The fraction of sp³-hybridized carbons (Fsp3) is 0.571. The Morgan fingerprint density at radius 2 is 2.00 bits per heavy atom. The Morgan fingerprint density at radius 1 is 1.33 bits per heavy atom. The summed E-state index contributed by atoms with van der Waals surface area (Å²) in [6.45, 7) is 4.48. The Balaban J connectivity index is 2.47. The van der Waals surface area contributed by atoms with Gasteiger partial charge in [-0.3, -0.25) is 0 Å². The van der Waals surface area contributed by atoms with Crippen molar-refractivity contribution in [3.63, 3.8) is 0 Å². The van der Waals surface area contributed by atoms with E-state index in [1.54, 1.807) is 0 Å². The van der Waals surface area contributed by atoms with Crippen molar-refractivity contribution in [3.05, 3.63) is 29.3 Å². The Bertz CT molecular complexity index is 645. The van der Waals surface area contributed by atoms with E-state index in [1.807, 2.05) is 13.8 Å². The highest BCUT2D eigenvalue weighted by molar-refractivity contribution is 7.89. The molecule has 1 aliphatic rings. The summed E-state index contributed by atoms with van der Waals surface area (Å²) < 4.78 is 53.9. The van der Waals surface area contributed by atoms with Crippen molar-refractivity contribution < 1.29 is 17.2 Å². The predicted molar refractivity (Wildman–Crippen MR) is 76.0 cm³/mol. The summed E-state index contributed by atoms with van der Waals surface area (Å²) in [5, 5.41) is 0. The van der Waals surface area contributed by atoms with Crippen LogP contribution in [-0.2, 0) is 16.6 Å². The maximum absolute atomic E-state index is 13.9. The van der Waals surface area contributed by atoms with Crippen LogP contribution in [0, 0.1) is 17.0 Å². The SMILES string of the molecule is CC1(C)CCCN(S(=O)(=O)c2cc(CN)cc(F)c2F)C1. The van der Waals surface area contributed by atoms with Crippen LogP contribution < -0.4 is 5.73 Å². The first-order valence-corrected chi connectivity index (χ1v) is 8.29. The average molecular weight is 318 g/mol. The lowest BCUT2D eigenvalue weighted by Crippen LogP contribution is -2.43. The lowest BCUT2D eigenvalue weighted by atomic mass is 9.85. The average Bonchev–Trinajstić information content (AvgIpc) is 2.40. The van der Waals surface area contributed by atoms with Gasteiger partial charge in [-0.25, -0.2) is 17.2 Å². The molecule has 0 radical (unpaired) electrons. The molecule has 0 bridgehead atoms. The lowest BCUT2D eigenvalue weighted by Gasteiger charge is -2.37. The second kappa shape index (κ2) is 5.62. The Labute approximate surface area is 124 Å². The molecule has 2 rings (SSSR count). The quantitative estimate of drug-likeness (QED) is 0.929. The van der Waals surface area contributed by atoms with Gasteiger partial charge in [0.15, 0.2) is 11.6 Å². The number of hydrogen-bond donors (Lipinski definition) is 1. The topological polar surface area (TPSA) is 63.4 Å². The molecule has 1 heterocycles. The molecule has 1 aromatic carbocycles. The molecule has 1 aliphatic heterocycles. The van der Waals surface area contributed by atoms with Crippen molar-refractivity contribution in [2.24, 2.45) is 11.1 Å². The maximum Gasteiger partial charge on any atom is 0.246 e. The lowest BCUT2D eigenvalue weighted by molar-refractivity contribution is 0.186. The van der Waals surface area contributed by atoms with Gasteiger partial charge in [0.05, 0.1) is 0 Å². The Hall–Kier alpha value is -1.05. The molecule has 21 heavy (non-hydrogen) atoms. The van der Waals surface area contributed by atoms with Crippen molar-refractivity contribution in [3.8, 4) is 0 Å². The van der Waals surface area contributed by atoms with Crippen LogP contribution in [0.5, 0.6) is 0 Å². The summed E-state index contributed by atoms with van der Waals surface area (Å²) in [4.78, 5) is -0.624. The van der Waals surface area contributed by atoms with Crippen molar-refractivity contribution in [2.45, 2.75) is 38.1 Å². The van der Waals surface area contributed by atoms with E-state index in [2.05, 4.69) is 0 Å². The van der Waals surface area contributed by atoms with Gasteiger partial charge in [-0.1, -0.05) is 13.8 Å². The number of halogens is 2. The van der Waals surface area contributed by atoms with Crippen molar-refractivity contribution in [2.75, 3.05) is 13.1 Å². The van der Waals surface area contributed by atoms with Crippen molar-refractivity contribution in [1.82, 2.24) is 4.31 Å². The van der Waals surface area contributed by atoms with Gasteiger partial charge in [0.25, 0.3) is 0 Å². The Morgan fingerprint density at radius 3 is 2.57 bits per heavy atom. The zero-order chi connectivity index (χ0) is 15.8. The number of nitrogens with zero attached hydrogens (tertiary/aromatic N) is 1. The second-order valence-electron chi connectivity index (χ2n) is 6.20. The first-order valence-electron chi connectivity index (χ1n) is 6.85. The molecule has 7 heteroatoms. The largest absolute Gasteiger partial charge is 0.326 e. The third-order valence-corrected chi connectivity index (χ3v) is 5.62. The molecule has 0 saturated carbocycles. The van der Waals surface area contributed by atoms with E-state index >= 15 is 0 Å². The molecule has 118 valence electrons. The van der Waals surface area contributed by atoms with Gasteiger partial charge in [-0.15, -0.1) is 0 Å². The van der Waals surface area contributed by atoms with Gasteiger partial charge >= 0.3 is 0 Å². The zero-order valence-corrected chi connectivity index (χ0v) is 13.0. The molecule has 1 saturated heterocycles. The van der Waals surface area contributed by atoms with Gasteiger partial charge in [-0.05, 0) is 36.0 Å². The van der Waals surface area contributed by atoms with E-state index in [-0.39, 0.29) is 17.5 Å². The molecule has 1 fully saturated rings. The molecule has 0 aliphatic carbocycles. The maximum atomic E-state index is 13.9. The normalized spacial score (nSPS) is 19.7. The van der Waals surface area contributed by atoms with Crippen LogP contribution in [-0.4, -0.2) is 25.8 Å². The smallest absolute Gasteiger partial charge is 0.246 e. The van der Waals surface area contributed by atoms with E-state index in [0.29, 0.717) is 19.5 Å². The van der Waals surface area contributed by atoms with Crippen molar-refractivity contribution in [1.29, 1.82) is 0 Å². The molecular formula is C14H20F2N2O2S. The van der Waals surface area contributed by atoms with Crippen molar-refractivity contribution >= 4 is 10.0 Å². The highest BCUT2D eigenvalue weighted by atomic mass is 32.2. The number of benzene rings is 1. The second-order valence-corrected chi connectivity index (χ2v) is 8.11. The summed E-state index contributed by atoms with van der Waals surface area (Å²) >= 11 is 0. The zero-order valence-electron chi connectivity index (χ0n) is 12.2. The van der Waals surface area contributed by atoms with Crippen LogP contribution in [0.4, 0.5) is 8.78 Å². The summed E-state index contributed by atoms with van der Waals surface area (Å²) in [6, 6.07) is 2.05. The molecule has 0 unspecified atom stereocenters. The van der Waals surface area contributed by atoms with Crippen LogP contribution in [0.1, 0.15) is 32.3 Å². The molecular weight excluding hydrogens is 298 g/mol. The number of nitrogens with two attached hydrogens (primary N) is 1. The Kier molecular flexibility index (Phi) is 4.37.